The van der Waals surface area contributed by atoms with Crippen LogP contribution in [0.15, 0.2) is 48.5 Å². The summed E-state index contributed by atoms with van der Waals surface area (Å²) in [5.41, 5.74) is 1.52. The number of carbonyl (C=O) groups is 3. The molecule has 0 aliphatic heterocycles. The molecule has 0 bridgehead atoms. The second-order valence-corrected chi connectivity index (χ2v) is 10.5. The standard InChI is InChI=1S/C29H41N3O5/c1-9-32(27(34)24(17-19(2)3)31-28(35)37-29(5,6)7)25(21-12-10-11-20(4)18-21)26(33)30-22-13-15-23(36-8)16-14-22/h10-16,18-19,24-25H,9,17H2,1-8H3,(H,30,33)(H,31,35). The number of likely N-dealkylation sites (N-methyl/N-ethyl adjacent to an activating group) is 1. The highest BCUT2D eigenvalue weighted by atomic mass is 16.6. The van der Waals surface area contributed by atoms with Gasteiger partial charge in [-0.3, -0.25) is 9.59 Å². The minimum absolute atomic E-state index is 0.119. The van der Waals surface area contributed by atoms with Crippen molar-refractivity contribution in [1.29, 1.82) is 0 Å². The summed E-state index contributed by atoms with van der Waals surface area (Å²) < 4.78 is 10.6. The lowest BCUT2D eigenvalue weighted by Crippen LogP contribution is -2.52. The number of ether oxygens (including phenoxy) is 2. The molecule has 0 heterocycles. The molecule has 2 rings (SSSR count). The Bertz CT molecular complexity index is 1060. The molecule has 2 atom stereocenters. The summed E-state index contributed by atoms with van der Waals surface area (Å²) in [7, 11) is 1.57. The Kier molecular flexibility index (Phi) is 10.5. The minimum atomic E-state index is -0.908. The van der Waals surface area contributed by atoms with Gasteiger partial charge >= 0.3 is 6.09 Å². The Morgan fingerprint density at radius 3 is 2.19 bits per heavy atom. The lowest BCUT2D eigenvalue weighted by atomic mass is 9.98. The van der Waals surface area contributed by atoms with Crippen LogP contribution in [0.4, 0.5) is 10.5 Å². The van der Waals surface area contributed by atoms with Crippen molar-refractivity contribution in [2.45, 2.75) is 72.6 Å². The molecule has 8 nitrogen and oxygen atoms in total. The molecule has 0 aliphatic carbocycles. The molecular weight excluding hydrogens is 470 g/mol. The number of carbonyl (C=O) groups excluding carboxylic acids is 3. The van der Waals surface area contributed by atoms with E-state index in [-0.39, 0.29) is 24.3 Å². The normalized spacial score (nSPS) is 12.9. The fourth-order valence-corrected chi connectivity index (χ4v) is 4.01. The van der Waals surface area contributed by atoms with Crippen molar-refractivity contribution in [2.75, 3.05) is 19.0 Å². The summed E-state index contributed by atoms with van der Waals surface area (Å²) in [5.74, 6) is 0.0847. The third-order valence-corrected chi connectivity index (χ3v) is 5.60. The van der Waals surface area contributed by atoms with Crippen molar-refractivity contribution < 1.29 is 23.9 Å². The quantitative estimate of drug-likeness (QED) is 0.441. The molecule has 0 aliphatic rings. The Morgan fingerprint density at radius 1 is 1.03 bits per heavy atom. The topological polar surface area (TPSA) is 97.0 Å². The van der Waals surface area contributed by atoms with E-state index in [4.69, 9.17) is 9.47 Å². The van der Waals surface area contributed by atoms with Crippen LogP contribution >= 0.6 is 0 Å². The fourth-order valence-electron chi connectivity index (χ4n) is 4.01. The van der Waals surface area contributed by atoms with Gasteiger partial charge < -0.3 is 25.0 Å². The zero-order chi connectivity index (χ0) is 27.8. The van der Waals surface area contributed by atoms with Gasteiger partial charge in [0.05, 0.1) is 7.11 Å². The SMILES string of the molecule is CCN(C(=O)C(CC(C)C)NC(=O)OC(C)(C)C)C(C(=O)Nc1ccc(OC)cc1)c1cccc(C)c1. The molecule has 2 N–H and O–H groups in total. The van der Waals surface area contributed by atoms with Gasteiger partial charge in [0.25, 0.3) is 5.91 Å². The number of hydrogen-bond donors (Lipinski definition) is 2. The zero-order valence-corrected chi connectivity index (χ0v) is 23.3. The van der Waals surface area contributed by atoms with Crippen molar-refractivity contribution >= 4 is 23.6 Å². The predicted octanol–water partition coefficient (Wildman–Crippen LogP) is 5.47. The Balaban J connectivity index is 2.43. The number of anilines is 1. The van der Waals surface area contributed by atoms with E-state index in [2.05, 4.69) is 10.6 Å². The van der Waals surface area contributed by atoms with Crippen LogP contribution in [-0.2, 0) is 14.3 Å². The molecule has 0 radical (unpaired) electrons. The third kappa shape index (κ3) is 9.12. The van der Waals surface area contributed by atoms with E-state index in [0.29, 0.717) is 23.4 Å². The fraction of sp³-hybridized carbons (Fsp3) is 0.483. The largest absolute Gasteiger partial charge is 0.497 e. The monoisotopic (exact) mass is 511 g/mol. The molecule has 8 heteroatoms. The maximum Gasteiger partial charge on any atom is 0.408 e. The summed E-state index contributed by atoms with van der Waals surface area (Å²) in [6.45, 7) is 13.3. The summed E-state index contributed by atoms with van der Waals surface area (Å²) in [4.78, 5) is 41.7. The molecular formula is C29H41N3O5. The summed E-state index contributed by atoms with van der Waals surface area (Å²) in [6, 6.07) is 12.8. The second kappa shape index (κ2) is 13.1. The summed E-state index contributed by atoms with van der Waals surface area (Å²) in [5, 5.41) is 5.67. The third-order valence-electron chi connectivity index (χ3n) is 5.60. The smallest absolute Gasteiger partial charge is 0.408 e. The van der Waals surface area contributed by atoms with Crippen molar-refractivity contribution in [1.82, 2.24) is 10.2 Å². The Morgan fingerprint density at radius 2 is 1.68 bits per heavy atom. The number of rotatable bonds is 10. The van der Waals surface area contributed by atoms with Crippen LogP contribution in [0.2, 0.25) is 0 Å². The van der Waals surface area contributed by atoms with Crippen molar-refractivity contribution in [2.24, 2.45) is 5.92 Å². The molecule has 2 aromatic carbocycles. The van der Waals surface area contributed by atoms with Crippen molar-refractivity contribution in [3.63, 3.8) is 0 Å². The van der Waals surface area contributed by atoms with Gasteiger partial charge in [-0.15, -0.1) is 0 Å². The number of amides is 3. The lowest BCUT2D eigenvalue weighted by Gasteiger charge is -2.34. The highest BCUT2D eigenvalue weighted by molar-refractivity contribution is 5.99. The van der Waals surface area contributed by atoms with Crippen molar-refractivity contribution in [3.05, 3.63) is 59.7 Å². The first-order valence-electron chi connectivity index (χ1n) is 12.7. The van der Waals surface area contributed by atoms with E-state index in [1.165, 1.54) is 4.90 Å². The molecule has 3 amide bonds. The number of nitrogens with one attached hydrogen (secondary N) is 2. The first kappa shape index (κ1) is 29.7. The highest BCUT2D eigenvalue weighted by Crippen LogP contribution is 2.26. The molecule has 0 fully saturated rings. The second-order valence-electron chi connectivity index (χ2n) is 10.5. The Hall–Kier alpha value is -3.55. The van der Waals surface area contributed by atoms with Crippen LogP contribution in [0.25, 0.3) is 0 Å². The van der Waals surface area contributed by atoms with Gasteiger partial charge in [-0.1, -0.05) is 43.7 Å². The van der Waals surface area contributed by atoms with E-state index < -0.39 is 23.8 Å². The van der Waals surface area contributed by atoms with Gasteiger partial charge in [0.1, 0.15) is 23.4 Å². The number of benzene rings is 2. The van der Waals surface area contributed by atoms with Gasteiger partial charge in [-0.05, 0) is 76.8 Å². The van der Waals surface area contributed by atoms with Crippen LogP contribution in [-0.4, -0.2) is 48.1 Å². The van der Waals surface area contributed by atoms with E-state index >= 15 is 0 Å². The van der Waals surface area contributed by atoms with Gasteiger partial charge in [0.15, 0.2) is 0 Å². The maximum absolute atomic E-state index is 13.9. The van der Waals surface area contributed by atoms with E-state index in [1.807, 2.05) is 52.0 Å². The lowest BCUT2D eigenvalue weighted by molar-refractivity contribution is -0.140. The number of hydrogen-bond acceptors (Lipinski definition) is 5. The number of nitrogens with zero attached hydrogens (tertiary/aromatic N) is 1. The van der Waals surface area contributed by atoms with Gasteiger partial charge in [0.2, 0.25) is 5.91 Å². The van der Waals surface area contributed by atoms with E-state index in [0.717, 1.165) is 5.56 Å². The van der Waals surface area contributed by atoms with Crippen LogP contribution < -0.4 is 15.4 Å². The number of alkyl carbamates (subject to hydrolysis) is 1. The summed E-state index contributed by atoms with van der Waals surface area (Å²) in [6.07, 6.45) is -0.271. The molecule has 0 aromatic heterocycles. The zero-order valence-electron chi connectivity index (χ0n) is 23.3. The highest BCUT2D eigenvalue weighted by Gasteiger charge is 2.36. The van der Waals surface area contributed by atoms with Gasteiger partial charge in [0, 0.05) is 12.2 Å². The van der Waals surface area contributed by atoms with E-state index in [9.17, 15) is 14.4 Å². The van der Waals surface area contributed by atoms with Crippen LogP contribution in [0.3, 0.4) is 0 Å². The van der Waals surface area contributed by atoms with Gasteiger partial charge in [-0.2, -0.15) is 0 Å². The van der Waals surface area contributed by atoms with Gasteiger partial charge in [-0.25, -0.2) is 4.79 Å². The number of methoxy groups -OCH3 is 1. The number of aryl methyl sites for hydroxylation is 1. The minimum Gasteiger partial charge on any atom is -0.497 e. The van der Waals surface area contributed by atoms with E-state index in [1.54, 1.807) is 52.1 Å². The van der Waals surface area contributed by atoms with Crippen molar-refractivity contribution in [3.8, 4) is 5.75 Å². The molecule has 0 spiro atoms. The molecule has 0 saturated heterocycles. The van der Waals surface area contributed by atoms with Crippen LogP contribution in [0.1, 0.15) is 65.1 Å². The first-order valence-corrected chi connectivity index (χ1v) is 12.7. The first-order chi connectivity index (χ1) is 17.3. The maximum atomic E-state index is 13.9. The molecule has 0 saturated carbocycles. The predicted molar refractivity (Wildman–Crippen MR) is 146 cm³/mol. The van der Waals surface area contributed by atoms with Crippen LogP contribution in [0.5, 0.6) is 5.75 Å². The molecule has 202 valence electrons. The Labute approximate surface area is 220 Å². The molecule has 37 heavy (non-hydrogen) atoms. The summed E-state index contributed by atoms with van der Waals surface area (Å²) >= 11 is 0. The average Bonchev–Trinajstić information content (AvgIpc) is 2.80. The van der Waals surface area contributed by atoms with Crippen LogP contribution in [0, 0.1) is 12.8 Å². The average molecular weight is 512 g/mol. The molecule has 2 unspecified atom stereocenters. The molecule has 2 aromatic rings.